The summed E-state index contributed by atoms with van der Waals surface area (Å²) < 4.78 is 0. The van der Waals surface area contributed by atoms with Crippen molar-refractivity contribution >= 4 is 16.6 Å². The van der Waals surface area contributed by atoms with Crippen molar-refractivity contribution in [3.05, 3.63) is 36.2 Å². The number of nitrogens with zero attached hydrogens (tertiary/aromatic N) is 1. The normalized spacial score (nSPS) is 21.1. The van der Waals surface area contributed by atoms with Crippen LogP contribution in [0.4, 0.5) is 0 Å². The van der Waals surface area contributed by atoms with Crippen LogP contribution in [-0.2, 0) is 0 Å². The van der Waals surface area contributed by atoms with Crippen LogP contribution in [0.1, 0.15) is 21.8 Å². The minimum absolute atomic E-state index is 0. The van der Waals surface area contributed by atoms with Gasteiger partial charge < -0.3 is 10.3 Å². The Kier molecular flexibility index (Phi) is 2.26. The van der Waals surface area contributed by atoms with Gasteiger partial charge in [0.2, 0.25) is 0 Å². The van der Waals surface area contributed by atoms with Gasteiger partial charge in [0, 0.05) is 38.8 Å². The van der Waals surface area contributed by atoms with Gasteiger partial charge in [-0.25, -0.2) is 4.98 Å². The van der Waals surface area contributed by atoms with Crippen LogP contribution in [-0.4, -0.2) is 22.6 Å². The second kappa shape index (κ2) is 3.76. The Labute approximate surface area is 97.6 Å². The Balaban J connectivity index is 0.000000810. The van der Waals surface area contributed by atoms with Crippen molar-refractivity contribution < 1.29 is 2.85 Å². The van der Waals surface area contributed by atoms with Crippen molar-refractivity contribution in [1.82, 2.24) is 15.3 Å². The van der Waals surface area contributed by atoms with Crippen molar-refractivity contribution in [1.29, 1.82) is 0 Å². The molecule has 3 nitrogen and oxygen atoms in total. The van der Waals surface area contributed by atoms with Gasteiger partial charge in [0.15, 0.2) is 0 Å². The molecule has 1 atom stereocenters. The van der Waals surface area contributed by atoms with Crippen LogP contribution in [0.3, 0.4) is 0 Å². The van der Waals surface area contributed by atoms with E-state index in [1.165, 1.54) is 16.5 Å². The van der Waals surface area contributed by atoms with Gasteiger partial charge in [-0.15, -0.1) is 0 Å². The van der Waals surface area contributed by atoms with E-state index < -0.39 is 0 Å². The third-order valence-electron chi connectivity index (χ3n) is 3.14. The van der Waals surface area contributed by atoms with E-state index in [4.69, 9.17) is 0 Å². The van der Waals surface area contributed by atoms with Crippen molar-refractivity contribution in [2.75, 3.05) is 6.54 Å². The predicted molar refractivity (Wildman–Crippen MR) is 70.4 cm³/mol. The van der Waals surface area contributed by atoms with Crippen molar-refractivity contribution in [2.45, 2.75) is 19.4 Å². The summed E-state index contributed by atoms with van der Waals surface area (Å²) >= 11 is 0. The standard InChI is InChI=1S/C13H15N3.2H2/c1-9-7-10(4-6-14-9)12-8-16-13-11(12)3-2-5-15-13;;/h2-5,8-9,14H,6-7H2,1H3,(H,15,16);2*1H/t9-;;/m1../s1. The molecule has 1 aliphatic rings. The van der Waals surface area contributed by atoms with Gasteiger partial charge in [-0.2, -0.15) is 0 Å². The summed E-state index contributed by atoms with van der Waals surface area (Å²) in [6, 6.07) is 4.67. The van der Waals surface area contributed by atoms with E-state index in [0.717, 1.165) is 18.6 Å². The molecule has 86 valence electrons. The molecule has 2 N–H and O–H groups in total. The lowest BCUT2D eigenvalue weighted by molar-refractivity contribution is 0.579. The number of hydrogen-bond acceptors (Lipinski definition) is 2. The zero-order valence-electron chi connectivity index (χ0n) is 9.33. The van der Waals surface area contributed by atoms with Gasteiger partial charge in [-0.05, 0) is 31.1 Å². The SMILES string of the molecule is C[C@@H]1CC(c2c[nH]c3ncccc23)=CCN1.[HH].[HH]. The summed E-state index contributed by atoms with van der Waals surface area (Å²) in [5.41, 5.74) is 3.70. The first kappa shape index (κ1) is 9.60. The summed E-state index contributed by atoms with van der Waals surface area (Å²) in [4.78, 5) is 7.55. The second-order valence-corrected chi connectivity index (χ2v) is 4.34. The van der Waals surface area contributed by atoms with Gasteiger partial charge >= 0.3 is 0 Å². The number of fused-ring (bicyclic) bond motifs is 1. The lowest BCUT2D eigenvalue weighted by Gasteiger charge is -2.20. The smallest absolute Gasteiger partial charge is 0.137 e. The monoisotopic (exact) mass is 217 g/mol. The highest BCUT2D eigenvalue weighted by Crippen LogP contribution is 2.28. The molecule has 0 saturated carbocycles. The molecule has 2 aromatic rings. The number of nitrogens with one attached hydrogen (secondary N) is 2. The lowest BCUT2D eigenvalue weighted by atomic mass is 9.96. The number of hydrogen-bond donors (Lipinski definition) is 2. The van der Waals surface area contributed by atoms with E-state index >= 15 is 0 Å². The van der Waals surface area contributed by atoms with E-state index in [2.05, 4.69) is 40.5 Å². The van der Waals surface area contributed by atoms with E-state index in [1.807, 2.05) is 12.3 Å². The fourth-order valence-corrected chi connectivity index (χ4v) is 2.31. The minimum Gasteiger partial charge on any atom is -0.346 e. The molecule has 0 aromatic carbocycles. The Morgan fingerprint density at radius 3 is 3.31 bits per heavy atom. The Morgan fingerprint density at radius 2 is 2.44 bits per heavy atom. The number of aromatic nitrogens is 2. The Bertz CT molecular complexity index is 548. The van der Waals surface area contributed by atoms with Crippen LogP contribution < -0.4 is 5.32 Å². The molecule has 0 amide bonds. The third-order valence-corrected chi connectivity index (χ3v) is 3.14. The van der Waals surface area contributed by atoms with Crippen LogP contribution in [0.25, 0.3) is 16.6 Å². The summed E-state index contributed by atoms with van der Waals surface area (Å²) in [7, 11) is 0. The first-order chi connectivity index (χ1) is 7.84. The molecular weight excluding hydrogens is 198 g/mol. The highest BCUT2D eigenvalue weighted by atomic mass is 14.9. The average molecular weight is 217 g/mol. The number of H-pyrrole nitrogens is 1. The van der Waals surface area contributed by atoms with Crippen LogP contribution in [0.5, 0.6) is 0 Å². The molecular formula is C13H19N3. The summed E-state index contributed by atoms with van der Waals surface area (Å²) in [6.45, 7) is 3.18. The lowest BCUT2D eigenvalue weighted by Crippen LogP contribution is -2.29. The number of rotatable bonds is 1. The molecule has 1 aliphatic heterocycles. The molecule has 3 heterocycles. The molecule has 16 heavy (non-hydrogen) atoms. The molecule has 3 rings (SSSR count). The van der Waals surface area contributed by atoms with Crippen LogP contribution >= 0.6 is 0 Å². The average Bonchev–Trinajstić information content (AvgIpc) is 2.72. The fourth-order valence-electron chi connectivity index (χ4n) is 2.31. The van der Waals surface area contributed by atoms with Gasteiger partial charge in [0.25, 0.3) is 0 Å². The maximum atomic E-state index is 4.32. The van der Waals surface area contributed by atoms with Gasteiger partial charge in [-0.3, -0.25) is 0 Å². The highest BCUT2D eigenvalue weighted by molar-refractivity contribution is 5.90. The molecule has 0 unspecified atom stereocenters. The van der Waals surface area contributed by atoms with Gasteiger partial charge in [-0.1, -0.05) is 6.08 Å². The van der Waals surface area contributed by atoms with Gasteiger partial charge in [0.05, 0.1) is 0 Å². The first-order valence-corrected chi connectivity index (χ1v) is 5.69. The molecule has 0 radical (unpaired) electrons. The fraction of sp³-hybridized carbons (Fsp3) is 0.308. The first-order valence-electron chi connectivity index (χ1n) is 5.69. The van der Waals surface area contributed by atoms with Crippen molar-refractivity contribution in [2.24, 2.45) is 0 Å². The largest absolute Gasteiger partial charge is 0.346 e. The molecule has 0 saturated heterocycles. The van der Waals surface area contributed by atoms with Crippen LogP contribution in [0.15, 0.2) is 30.6 Å². The quantitative estimate of drug-likeness (QED) is 0.771. The van der Waals surface area contributed by atoms with Crippen LogP contribution in [0, 0.1) is 0 Å². The second-order valence-electron chi connectivity index (χ2n) is 4.34. The van der Waals surface area contributed by atoms with Gasteiger partial charge in [0.1, 0.15) is 5.65 Å². The van der Waals surface area contributed by atoms with Crippen molar-refractivity contribution in [3.8, 4) is 0 Å². The minimum atomic E-state index is 0. The maximum Gasteiger partial charge on any atom is 0.137 e. The Morgan fingerprint density at radius 1 is 1.50 bits per heavy atom. The Hall–Kier alpha value is -1.61. The van der Waals surface area contributed by atoms with Crippen LogP contribution in [0.2, 0.25) is 0 Å². The van der Waals surface area contributed by atoms with E-state index in [1.54, 1.807) is 0 Å². The molecule has 0 fully saturated rings. The van der Waals surface area contributed by atoms with Crippen molar-refractivity contribution in [3.63, 3.8) is 0 Å². The number of aromatic amines is 1. The number of pyridine rings is 1. The maximum absolute atomic E-state index is 4.32. The highest BCUT2D eigenvalue weighted by Gasteiger charge is 2.14. The third kappa shape index (κ3) is 1.53. The summed E-state index contributed by atoms with van der Waals surface area (Å²) in [5.74, 6) is 0. The molecule has 3 heteroatoms. The van der Waals surface area contributed by atoms with E-state index in [9.17, 15) is 0 Å². The zero-order valence-corrected chi connectivity index (χ0v) is 9.33. The molecule has 2 aromatic heterocycles. The summed E-state index contributed by atoms with van der Waals surface area (Å²) in [6.07, 6.45) is 7.25. The molecule has 0 spiro atoms. The van der Waals surface area contributed by atoms with E-state index in [-0.39, 0.29) is 2.85 Å². The predicted octanol–water partition coefficient (Wildman–Crippen LogP) is 2.82. The summed E-state index contributed by atoms with van der Waals surface area (Å²) in [5, 5.41) is 4.64. The molecule has 0 bridgehead atoms. The topological polar surface area (TPSA) is 40.7 Å². The zero-order chi connectivity index (χ0) is 11.0. The molecule has 0 aliphatic carbocycles. The van der Waals surface area contributed by atoms with E-state index in [0.29, 0.717) is 6.04 Å².